The van der Waals surface area contributed by atoms with Crippen LogP contribution < -0.4 is 0 Å². The van der Waals surface area contributed by atoms with Crippen LogP contribution in [0.3, 0.4) is 0 Å². The molecular weight excluding hydrogens is 973 g/mol. The number of allylic oxidation sites excluding steroid dienone is 18. The lowest BCUT2D eigenvalue weighted by molar-refractivity contribution is -0.167. The molecule has 0 aromatic carbocycles. The minimum Gasteiger partial charge on any atom is -0.462 e. The average Bonchev–Trinajstić information content (AvgIpc) is 3.45. The van der Waals surface area contributed by atoms with Crippen LogP contribution in [0.5, 0.6) is 0 Å². The molecule has 1 atom stereocenters. The Morgan fingerprint density at radius 2 is 0.494 bits per heavy atom. The summed E-state index contributed by atoms with van der Waals surface area (Å²) in [6.07, 6.45) is 91.0. The number of hydrogen-bond acceptors (Lipinski definition) is 6. The van der Waals surface area contributed by atoms with E-state index in [4.69, 9.17) is 14.2 Å². The Balaban J connectivity index is 4.39. The molecule has 0 fully saturated rings. The highest BCUT2D eigenvalue weighted by molar-refractivity contribution is 5.71. The highest BCUT2D eigenvalue weighted by Gasteiger charge is 2.19. The summed E-state index contributed by atoms with van der Waals surface area (Å²) in [5.74, 6) is -0.928. The third-order valence-corrected chi connectivity index (χ3v) is 14.2. The Morgan fingerprint density at radius 3 is 0.797 bits per heavy atom. The molecule has 452 valence electrons. The van der Waals surface area contributed by atoms with Crippen molar-refractivity contribution in [3.63, 3.8) is 0 Å². The zero-order valence-corrected chi connectivity index (χ0v) is 51.9. The molecule has 0 amide bonds. The molecule has 0 N–H and O–H groups in total. The Hall–Kier alpha value is -3.93. The summed E-state index contributed by atoms with van der Waals surface area (Å²) >= 11 is 0. The maximum Gasteiger partial charge on any atom is 0.306 e. The van der Waals surface area contributed by atoms with Crippen LogP contribution in [0.2, 0.25) is 0 Å². The average molecular weight is 1100 g/mol. The zero-order valence-electron chi connectivity index (χ0n) is 51.9. The van der Waals surface area contributed by atoms with Gasteiger partial charge in [0.05, 0.1) is 0 Å². The number of ether oxygens (including phenoxy) is 3. The van der Waals surface area contributed by atoms with Crippen molar-refractivity contribution >= 4 is 17.9 Å². The summed E-state index contributed by atoms with van der Waals surface area (Å²) in [6.45, 7) is 6.41. The van der Waals surface area contributed by atoms with Crippen LogP contribution in [0.25, 0.3) is 0 Å². The van der Waals surface area contributed by atoms with Gasteiger partial charge in [0.25, 0.3) is 0 Å². The van der Waals surface area contributed by atoms with Gasteiger partial charge in [-0.25, -0.2) is 0 Å². The van der Waals surface area contributed by atoms with Crippen LogP contribution in [0, 0.1) is 0 Å². The van der Waals surface area contributed by atoms with Crippen molar-refractivity contribution in [2.75, 3.05) is 13.2 Å². The van der Waals surface area contributed by atoms with E-state index in [9.17, 15) is 14.4 Å². The molecule has 0 aromatic heterocycles. The second-order valence-corrected chi connectivity index (χ2v) is 22.0. The molecule has 79 heavy (non-hydrogen) atoms. The molecule has 6 heteroatoms. The summed E-state index contributed by atoms with van der Waals surface area (Å²) in [6, 6.07) is 0. The second-order valence-electron chi connectivity index (χ2n) is 22.0. The number of carbonyl (C=O) groups excluding carboxylic acids is 3. The van der Waals surface area contributed by atoms with Gasteiger partial charge in [-0.3, -0.25) is 14.4 Å². The Morgan fingerprint density at radius 1 is 0.266 bits per heavy atom. The molecule has 0 aliphatic rings. The van der Waals surface area contributed by atoms with Crippen LogP contribution in [0.15, 0.2) is 109 Å². The predicted octanol–water partition coefficient (Wildman–Crippen LogP) is 23.0. The molecule has 0 aliphatic heterocycles. The van der Waals surface area contributed by atoms with Gasteiger partial charge in [0.1, 0.15) is 13.2 Å². The number of hydrogen-bond donors (Lipinski definition) is 0. The topological polar surface area (TPSA) is 78.9 Å². The lowest BCUT2D eigenvalue weighted by Crippen LogP contribution is -2.30. The zero-order chi connectivity index (χ0) is 57.1. The molecule has 0 saturated carbocycles. The van der Waals surface area contributed by atoms with Gasteiger partial charge in [0.2, 0.25) is 0 Å². The molecule has 0 rings (SSSR count). The van der Waals surface area contributed by atoms with E-state index < -0.39 is 6.10 Å². The maximum atomic E-state index is 12.9. The van der Waals surface area contributed by atoms with Crippen LogP contribution in [-0.4, -0.2) is 37.2 Å². The molecule has 0 aromatic rings. The van der Waals surface area contributed by atoms with Gasteiger partial charge >= 0.3 is 17.9 Å². The van der Waals surface area contributed by atoms with Crippen LogP contribution in [0.1, 0.15) is 316 Å². The molecule has 0 bridgehead atoms. The van der Waals surface area contributed by atoms with E-state index in [0.29, 0.717) is 12.8 Å². The van der Waals surface area contributed by atoms with Crippen molar-refractivity contribution in [1.29, 1.82) is 0 Å². The van der Waals surface area contributed by atoms with E-state index in [0.717, 1.165) is 122 Å². The smallest absolute Gasteiger partial charge is 0.306 e. The molecular formula is C73H124O6. The minimum absolute atomic E-state index is 0.0948. The SMILES string of the molecule is CC/C=C\C/C=C\C/C=C\C/C=C\C/C=C\CCCCCC(=O)OC(COC(=O)CCCCCCCCC/C=C\C/C=C\C/C=C\CC)COC(=O)CCCCCCCCCCCCCCC/C=C\CCCCCCCCCC. The summed E-state index contributed by atoms with van der Waals surface area (Å²) < 4.78 is 16.9. The van der Waals surface area contributed by atoms with Gasteiger partial charge < -0.3 is 14.2 Å². The standard InChI is InChI=1S/C73H124O6/c1-4-7-10-13-16-19-22-25-28-31-33-34-35-36-37-38-40-42-45-48-51-54-57-60-63-66-72(75)78-69-70(68-77-71(74)65-62-59-56-53-50-47-44-41-30-27-24-21-18-15-12-9-6-3)79-73(76)67-64-61-58-55-52-49-46-43-39-32-29-26-23-20-17-14-11-8-5-2/h8-9,11-12,17-18,20-21,26-27,29-31,33,39,43,49,52,70H,4-7,10,13-16,19,22-25,28,32,34-38,40-42,44-48,50-51,53-69H2,1-3H3/b11-8-,12-9-,20-17-,21-18-,29-26-,30-27-,33-31-,43-39-,52-49-. The summed E-state index contributed by atoms with van der Waals surface area (Å²) in [5, 5.41) is 0. The van der Waals surface area contributed by atoms with E-state index in [-0.39, 0.29) is 37.5 Å². The van der Waals surface area contributed by atoms with E-state index >= 15 is 0 Å². The first-order valence-corrected chi connectivity index (χ1v) is 33.4. The Labute approximate surface area is 489 Å². The van der Waals surface area contributed by atoms with Crippen molar-refractivity contribution < 1.29 is 28.6 Å². The third-order valence-electron chi connectivity index (χ3n) is 14.2. The maximum absolute atomic E-state index is 12.9. The fraction of sp³-hybridized carbons (Fsp3) is 0.712. The Kier molecular flexibility index (Phi) is 63.3. The summed E-state index contributed by atoms with van der Waals surface area (Å²) in [5.41, 5.74) is 0. The van der Waals surface area contributed by atoms with Crippen LogP contribution >= 0.6 is 0 Å². The van der Waals surface area contributed by atoms with Gasteiger partial charge in [-0.2, -0.15) is 0 Å². The van der Waals surface area contributed by atoms with Crippen molar-refractivity contribution in [2.45, 2.75) is 322 Å². The molecule has 0 aliphatic carbocycles. The molecule has 1 unspecified atom stereocenters. The van der Waals surface area contributed by atoms with Crippen molar-refractivity contribution in [3.8, 4) is 0 Å². The van der Waals surface area contributed by atoms with Crippen molar-refractivity contribution in [1.82, 2.24) is 0 Å². The molecule has 6 nitrogen and oxygen atoms in total. The highest BCUT2D eigenvalue weighted by atomic mass is 16.6. The van der Waals surface area contributed by atoms with Crippen LogP contribution in [0.4, 0.5) is 0 Å². The second kappa shape index (κ2) is 66.6. The number of esters is 3. The van der Waals surface area contributed by atoms with E-state index in [1.807, 2.05) is 0 Å². The van der Waals surface area contributed by atoms with E-state index in [2.05, 4.69) is 130 Å². The first kappa shape index (κ1) is 75.1. The van der Waals surface area contributed by atoms with Gasteiger partial charge in [-0.15, -0.1) is 0 Å². The fourth-order valence-electron chi connectivity index (χ4n) is 9.30. The summed E-state index contributed by atoms with van der Waals surface area (Å²) in [7, 11) is 0. The normalized spacial score (nSPS) is 12.8. The number of unbranched alkanes of at least 4 members (excludes halogenated alkanes) is 31. The minimum atomic E-state index is -0.803. The lowest BCUT2D eigenvalue weighted by Gasteiger charge is -2.18. The molecule has 0 heterocycles. The van der Waals surface area contributed by atoms with Gasteiger partial charge in [0, 0.05) is 19.3 Å². The van der Waals surface area contributed by atoms with Crippen molar-refractivity contribution in [3.05, 3.63) is 109 Å². The third kappa shape index (κ3) is 64.8. The van der Waals surface area contributed by atoms with Gasteiger partial charge in [-0.05, 0) is 122 Å². The number of rotatable bonds is 60. The molecule has 0 saturated heterocycles. The predicted molar refractivity (Wildman–Crippen MR) is 343 cm³/mol. The van der Waals surface area contributed by atoms with E-state index in [1.54, 1.807) is 0 Å². The monoisotopic (exact) mass is 1100 g/mol. The lowest BCUT2D eigenvalue weighted by atomic mass is 10.0. The largest absolute Gasteiger partial charge is 0.462 e. The fourth-order valence-corrected chi connectivity index (χ4v) is 9.30. The quantitative estimate of drug-likeness (QED) is 0.0261. The Bertz CT molecular complexity index is 1590. The van der Waals surface area contributed by atoms with Gasteiger partial charge in [0.15, 0.2) is 6.10 Å². The first-order valence-electron chi connectivity index (χ1n) is 33.4. The van der Waals surface area contributed by atoms with E-state index in [1.165, 1.54) is 154 Å². The van der Waals surface area contributed by atoms with Gasteiger partial charge in [-0.1, -0.05) is 284 Å². The number of carbonyl (C=O) groups is 3. The van der Waals surface area contributed by atoms with Crippen molar-refractivity contribution in [2.24, 2.45) is 0 Å². The molecule has 0 spiro atoms. The summed E-state index contributed by atoms with van der Waals surface area (Å²) in [4.78, 5) is 38.4. The van der Waals surface area contributed by atoms with Crippen LogP contribution in [-0.2, 0) is 28.6 Å². The molecule has 0 radical (unpaired) electrons. The first-order chi connectivity index (χ1) is 39.0. The highest BCUT2D eigenvalue weighted by Crippen LogP contribution is 2.16.